The molecule has 4 rings (SSSR count). The number of benzene rings is 1. The molecule has 2 aliphatic rings. The van der Waals surface area contributed by atoms with E-state index in [1.54, 1.807) is 4.90 Å². The molecule has 2 aromatic rings. The van der Waals surface area contributed by atoms with E-state index < -0.39 is 12.0 Å². The number of rotatable bonds is 3. The van der Waals surface area contributed by atoms with E-state index in [0.717, 1.165) is 30.3 Å². The number of aromatic nitrogens is 3. The van der Waals surface area contributed by atoms with Gasteiger partial charge in [-0.3, -0.25) is 4.79 Å². The Morgan fingerprint density at radius 3 is 2.43 bits per heavy atom. The summed E-state index contributed by atoms with van der Waals surface area (Å²) in [7, 11) is 0. The van der Waals surface area contributed by atoms with Gasteiger partial charge < -0.3 is 9.47 Å². The molecule has 2 heterocycles. The topological polar surface area (TPSA) is 51.0 Å². The van der Waals surface area contributed by atoms with E-state index in [4.69, 9.17) is 0 Å². The van der Waals surface area contributed by atoms with Crippen LogP contribution in [-0.2, 0) is 24.1 Å². The van der Waals surface area contributed by atoms with Crippen LogP contribution in [0.25, 0.3) is 0 Å². The highest BCUT2D eigenvalue weighted by Crippen LogP contribution is 2.37. The second-order valence-corrected chi connectivity index (χ2v) is 7.74. The number of hydrogen-bond donors (Lipinski definition) is 0. The van der Waals surface area contributed by atoms with E-state index in [-0.39, 0.29) is 31.4 Å². The summed E-state index contributed by atoms with van der Waals surface area (Å²) in [6.45, 7) is 0.456. The number of carbonyl (C=O) groups excluding carboxylic acids is 1. The Kier molecular flexibility index (Phi) is 5.12. The maximum atomic E-state index is 12.9. The lowest BCUT2D eigenvalue weighted by Gasteiger charge is -2.32. The zero-order valence-electron chi connectivity index (χ0n) is 15.5. The Labute approximate surface area is 161 Å². The monoisotopic (exact) mass is 392 g/mol. The van der Waals surface area contributed by atoms with Crippen LogP contribution < -0.4 is 0 Å². The van der Waals surface area contributed by atoms with Crippen molar-refractivity contribution in [1.82, 2.24) is 19.7 Å². The van der Waals surface area contributed by atoms with Crippen molar-refractivity contribution in [3.05, 3.63) is 47.5 Å². The molecule has 28 heavy (non-hydrogen) atoms. The number of hydrogen-bond acceptors (Lipinski definition) is 3. The molecule has 1 saturated carbocycles. The largest absolute Gasteiger partial charge is 0.451 e. The van der Waals surface area contributed by atoms with Crippen LogP contribution >= 0.6 is 0 Å². The van der Waals surface area contributed by atoms with E-state index in [1.165, 1.54) is 5.56 Å². The van der Waals surface area contributed by atoms with Crippen molar-refractivity contribution in [3.8, 4) is 0 Å². The molecule has 0 saturated heterocycles. The molecule has 1 aromatic carbocycles. The molecule has 1 fully saturated rings. The van der Waals surface area contributed by atoms with Gasteiger partial charge in [0.05, 0.1) is 6.54 Å². The third-order valence-corrected chi connectivity index (χ3v) is 5.94. The number of amides is 1. The summed E-state index contributed by atoms with van der Waals surface area (Å²) < 4.78 is 39.9. The molecular weight excluding hydrogens is 369 g/mol. The van der Waals surface area contributed by atoms with Crippen LogP contribution in [0.5, 0.6) is 0 Å². The van der Waals surface area contributed by atoms with Gasteiger partial charge in [0.1, 0.15) is 0 Å². The summed E-state index contributed by atoms with van der Waals surface area (Å²) in [6.07, 6.45) is 0.105. The maximum absolute atomic E-state index is 12.9. The summed E-state index contributed by atoms with van der Waals surface area (Å²) in [5, 5.41) is 6.91. The Morgan fingerprint density at radius 1 is 1.04 bits per heavy atom. The van der Waals surface area contributed by atoms with E-state index in [2.05, 4.69) is 34.5 Å². The molecule has 0 atom stereocenters. The Hall–Kier alpha value is -2.38. The molecule has 0 N–H and O–H groups in total. The first-order chi connectivity index (χ1) is 13.4. The second kappa shape index (κ2) is 7.56. The molecule has 8 heteroatoms. The third kappa shape index (κ3) is 3.91. The van der Waals surface area contributed by atoms with Crippen molar-refractivity contribution in [3.63, 3.8) is 0 Å². The van der Waals surface area contributed by atoms with Crippen LogP contribution in [0.2, 0.25) is 0 Å². The quantitative estimate of drug-likeness (QED) is 0.793. The first-order valence-electron chi connectivity index (χ1n) is 9.74. The van der Waals surface area contributed by atoms with E-state index >= 15 is 0 Å². The minimum Gasteiger partial charge on any atom is -0.333 e. The van der Waals surface area contributed by atoms with E-state index in [9.17, 15) is 18.0 Å². The minimum atomic E-state index is -4.52. The maximum Gasteiger partial charge on any atom is 0.451 e. The van der Waals surface area contributed by atoms with Crippen molar-refractivity contribution < 1.29 is 18.0 Å². The lowest BCUT2D eigenvalue weighted by atomic mass is 9.77. The average Bonchev–Trinajstić information content (AvgIpc) is 3.13. The fourth-order valence-electron chi connectivity index (χ4n) is 4.38. The molecule has 1 aromatic heterocycles. The van der Waals surface area contributed by atoms with Gasteiger partial charge in [-0.05, 0) is 43.1 Å². The number of halogens is 3. The van der Waals surface area contributed by atoms with Gasteiger partial charge in [0.2, 0.25) is 11.7 Å². The Balaban J connectivity index is 1.31. The molecule has 150 valence electrons. The Morgan fingerprint density at radius 2 is 1.75 bits per heavy atom. The Bertz CT molecular complexity index is 826. The lowest BCUT2D eigenvalue weighted by Crippen LogP contribution is -2.40. The first kappa shape index (κ1) is 19.0. The smallest absolute Gasteiger partial charge is 0.333 e. The average molecular weight is 392 g/mol. The molecule has 5 nitrogen and oxygen atoms in total. The summed E-state index contributed by atoms with van der Waals surface area (Å²) in [6, 6.07) is 10.5. The van der Waals surface area contributed by atoms with Gasteiger partial charge in [-0.25, -0.2) is 0 Å². The first-order valence-corrected chi connectivity index (χ1v) is 9.74. The third-order valence-electron chi connectivity index (χ3n) is 5.94. The van der Waals surface area contributed by atoms with Gasteiger partial charge in [0, 0.05) is 19.5 Å². The van der Waals surface area contributed by atoms with Crippen LogP contribution in [0.4, 0.5) is 13.2 Å². The van der Waals surface area contributed by atoms with Gasteiger partial charge in [-0.15, -0.1) is 10.2 Å². The highest BCUT2D eigenvalue weighted by Gasteiger charge is 2.40. The zero-order valence-corrected chi connectivity index (χ0v) is 15.5. The molecule has 1 aliphatic heterocycles. The molecule has 1 amide bonds. The fraction of sp³-hybridized carbons (Fsp3) is 0.550. The molecule has 0 unspecified atom stereocenters. The van der Waals surface area contributed by atoms with Gasteiger partial charge in [-0.1, -0.05) is 30.3 Å². The van der Waals surface area contributed by atoms with Gasteiger partial charge in [0.25, 0.3) is 0 Å². The molecule has 1 aliphatic carbocycles. The number of nitrogens with zero attached hydrogens (tertiary/aromatic N) is 4. The predicted octanol–water partition coefficient (Wildman–Crippen LogP) is 4.00. The minimum absolute atomic E-state index is 0.00553. The van der Waals surface area contributed by atoms with Crippen LogP contribution in [-0.4, -0.2) is 32.1 Å². The van der Waals surface area contributed by atoms with Crippen molar-refractivity contribution in [1.29, 1.82) is 0 Å². The van der Waals surface area contributed by atoms with E-state index in [1.807, 2.05) is 6.07 Å². The molecule has 0 bridgehead atoms. The summed E-state index contributed by atoms with van der Waals surface area (Å²) in [5.41, 5.74) is 1.36. The molecule has 0 radical (unpaired) electrons. The second-order valence-electron chi connectivity index (χ2n) is 7.74. The molecule has 0 spiro atoms. The fourth-order valence-corrected chi connectivity index (χ4v) is 4.38. The lowest BCUT2D eigenvalue weighted by molar-refractivity contribution is -0.148. The standard InChI is InChI=1S/C20H23F3N4O/c21-20(22,23)19-25-24-17-13-26(10-11-27(17)19)18(28)12-14-6-8-16(9-7-14)15-4-2-1-3-5-15/h1-5,14,16H,6-13H2. The van der Waals surface area contributed by atoms with E-state index in [0.29, 0.717) is 18.3 Å². The number of alkyl halides is 3. The zero-order chi connectivity index (χ0) is 19.7. The van der Waals surface area contributed by atoms with Crippen molar-refractivity contribution in [2.24, 2.45) is 5.92 Å². The summed E-state index contributed by atoms with van der Waals surface area (Å²) in [4.78, 5) is 14.3. The SMILES string of the molecule is O=C(CC1CCC(c2ccccc2)CC1)N1CCn2c(nnc2C(F)(F)F)C1. The van der Waals surface area contributed by atoms with Gasteiger partial charge in [-0.2, -0.15) is 13.2 Å². The highest BCUT2D eigenvalue weighted by molar-refractivity contribution is 5.76. The van der Waals surface area contributed by atoms with Crippen molar-refractivity contribution >= 4 is 5.91 Å². The van der Waals surface area contributed by atoms with Crippen LogP contribution in [0.1, 0.15) is 55.2 Å². The van der Waals surface area contributed by atoms with Crippen LogP contribution in [0, 0.1) is 5.92 Å². The van der Waals surface area contributed by atoms with Crippen LogP contribution in [0.15, 0.2) is 30.3 Å². The predicted molar refractivity (Wildman–Crippen MR) is 96.2 cm³/mol. The summed E-state index contributed by atoms with van der Waals surface area (Å²) in [5.74, 6) is 0.138. The number of fused-ring (bicyclic) bond motifs is 1. The molecular formula is C20H23F3N4O. The normalized spacial score (nSPS) is 22.8. The van der Waals surface area contributed by atoms with Crippen molar-refractivity contribution in [2.45, 2.75) is 57.3 Å². The van der Waals surface area contributed by atoms with Crippen LogP contribution in [0.3, 0.4) is 0 Å². The van der Waals surface area contributed by atoms with Gasteiger partial charge in [0.15, 0.2) is 5.82 Å². The van der Waals surface area contributed by atoms with Gasteiger partial charge >= 0.3 is 6.18 Å². The van der Waals surface area contributed by atoms with Crippen molar-refractivity contribution in [2.75, 3.05) is 6.54 Å². The highest BCUT2D eigenvalue weighted by atomic mass is 19.4. The number of carbonyl (C=O) groups is 1. The summed E-state index contributed by atoms with van der Waals surface area (Å²) >= 11 is 0.